The molecule has 0 saturated carbocycles. The summed E-state index contributed by atoms with van der Waals surface area (Å²) in [5.74, 6) is 0. The molecule has 0 radical (unpaired) electrons. The summed E-state index contributed by atoms with van der Waals surface area (Å²) < 4.78 is 0. The second-order valence-corrected chi connectivity index (χ2v) is 14.6. The first kappa shape index (κ1) is 29.5. The first-order chi connectivity index (χ1) is 26.8. The molecule has 10 aromatic rings. The normalized spacial score (nSPS) is 12.1. The highest BCUT2D eigenvalue weighted by molar-refractivity contribution is 6.29. The predicted molar refractivity (Wildman–Crippen MR) is 227 cm³/mol. The van der Waals surface area contributed by atoms with E-state index in [4.69, 9.17) is 4.98 Å². The van der Waals surface area contributed by atoms with E-state index in [-0.39, 0.29) is 0 Å². The van der Waals surface area contributed by atoms with Crippen molar-refractivity contribution in [3.05, 3.63) is 188 Å². The van der Waals surface area contributed by atoms with Gasteiger partial charge in [-0.15, -0.1) is 0 Å². The Bertz CT molecular complexity index is 3090. The number of rotatable bonds is 4. The van der Waals surface area contributed by atoms with Crippen molar-refractivity contribution in [3.63, 3.8) is 0 Å². The van der Waals surface area contributed by atoms with Gasteiger partial charge in [-0.2, -0.15) is 0 Å². The average molecular weight is 682 g/mol. The standard InChI is InChI=1S/C53H31N/c1-4-15-32(16-5-1)46-31-45-38-22-11-10-21-37(38)44-29-35(30-47(54-46)51(44)45)36-27-28-43-50-39(36)25-14-26-42(50)52-48(33-17-6-2-7-18-33)40-23-12-13-24-41(40)49(53(43)52)34-19-8-3-9-20-34/h1-31H. The lowest BCUT2D eigenvalue weighted by atomic mass is 9.82. The quantitative estimate of drug-likeness (QED) is 0.180. The van der Waals surface area contributed by atoms with Gasteiger partial charge >= 0.3 is 0 Å². The molecule has 248 valence electrons. The Balaban J connectivity index is 1.17. The molecule has 1 nitrogen and oxygen atoms in total. The number of hydrogen-bond donors (Lipinski definition) is 0. The molecule has 0 amide bonds. The molecular formula is C53H31N. The van der Waals surface area contributed by atoms with Crippen LogP contribution in [-0.2, 0) is 0 Å². The van der Waals surface area contributed by atoms with Gasteiger partial charge in [0.05, 0.1) is 11.2 Å². The zero-order valence-electron chi connectivity index (χ0n) is 29.3. The third kappa shape index (κ3) is 4.07. The van der Waals surface area contributed by atoms with Crippen molar-refractivity contribution in [2.75, 3.05) is 0 Å². The minimum Gasteiger partial charge on any atom is -0.248 e. The van der Waals surface area contributed by atoms with Gasteiger partial charge in [0.2, 0.25) is 0 Å². The fourth-order valence-corrected chi connectivity index (χ4v) is 9.52. The van der Waals surface area contributed by atoms with Crippen LogP contribution in [0.25, 0.3) is 122 Å². The maximum Gasteiger partial charge on any atom is 0.0728 e. The average Bonchev–Trinajstić information content (AvgIpc) is 3.75. The maximum atomic E-state index is 5.36. The molecule has 0 atom stereocenters. The molecule has 2 aliphatic carbocycles. The Kier molecular flexibility index (Phi) is 6.12. The lowest BCUT2D eigenvalue weighted by molar-refractivity contribution is 1.40. The maximum absolute atomic E-state index is 5.36. The van der Waals surface area contributed by atoms with Crippen molar-refractivity contribution in [1.82, 2.24) is 4.98 Å². The molecule has 0 N–H and O–H groups in total. The van der Waals surface area contributed by atoms with E-state index in [9.17, 15) is 0 Å². The molecule has 2 aliphatic rings. The van der Waals surface area contributed by atoms with Gasteiger partial charge in [-0.1, -0.05) is 170 Å². The van der Waals surface area contributed by atoms with Gasteiger partial charge < -0.3 is 0 Å². The topological polar surface area (TPSA) is 12.9 Å². The first-order valence-electron chi connectivity index (χ1n) is 18.7. The highest BCUT2D eigenvalue weighted by Gasteiger charge is 2.32. The van der Waals surface area contributed by atoms with Crippen LogP contribution in [0.3, 0.4) is 0 Å². The van der Waals surface area contributed by atoms with Crippen molar-refractivity contribution in [2.45, 2.75) is 0 Å². The molecule has 0 bridgehead atoms. The Morgan fingerprint density at radius 3 is 1.37 bits per heavy atom. The summed E-state index contributed by atoms with van der Waals surface area (Å²) in [4.78, 5) is 5.36. The molecule has 1 heterocycles. The number of hydrogen-bond acceptors (Lipinski definition) is 1. The zero-order chi connectivity index (χ0) is 35.3. The van der Waals surface area contributed by atoms with E-state index in [2.05, 4.69) is 188 Å². The van der Waals surface area contributed by atoms with E-state index in [0.717, 1.165) is 16.8 Å². The molecule has 0 saturated heterocycles. The lowest BCUT2D eigenvalue weighted by Gasteiger charge is -2.20. The van der Waals surface area contributed by atoms with E-state index in [0.29, 0.717) is 0 Å². The van der Waals surface area contributed by atoms with Crippen molar-refractivity contribution >= 4 is 32.4 Å². The first-order valence-corrected chi connectivity index (χ1v) is 18.7. The molecule has 0 unspecified atom stereocenters. The van der Waals surface area contributed by atoms with Gasteiger partial charge in [-0.05, 0) is 118 Å². The SMILES string of the molecule is c1ccc(-c2cc3c4c(cc(-c5ccc6c7c(cccc57)-c5c-6c(-c6ccccc6)c6ccccc6c5-c5ccccc5)cc4n2)-c2ccccc2-3)cc1. The Hall–Kier alpha value is -7.09. The van der Waals surface area contributed by atoms with Crippen molar-refractivity contribution < 1.29 is 0 Å². The summed E-state index contributed by atoms with van der Waals surface area (Å²) in [7, 11) is 0. The summed E-state index contributed by atoms with van der Waals surface area (Å²) in [6.07, 6.45) is 0. The molecule has 12 rings (SSSR count). The van der Waals surface area contributed by atoms with Crippen LogP contribution in [0.5, 0.6) is 0 Å². The monoisotopic (exact) mass is 681 g/mol. The molecule has 1 aromatic heterocycles. The van der Waals surface area contributed by atoms with Crippen LogP contribution in [0, 0.1) is 0 Å². The molecule has 1 heteroatoms. The summed E-state index contributed by atoms with van der Waals surface area (Å²) in [5.41, 5.74) is 21.0. The lowest BCUT2D eigenvalue weighted by Crippen LogP contribution is -1.93. The van der Waals surface area contributed by atoms with Crippen LogP contribution in [0.15, 0.2) is 188 Å². The van der Waals surface area contributed by atoms with Gasteiger partial charge in [-0.3, -0.25) is 0 Å². The summed E-state index contributed by atoms with van der Waals surface area (Å²) >= 11 is 0. The molecule has 0 fully saturated rings. The van der Waals surface area contributed by atoms with Crippen molar-refractivity contribution in [2.24, 2.45) is 0 Å². The van der Waals surface area contributed by atoms with Gasteiger partial charge in [-0.25, -0.2) is 4.98 Å². The minimum atomic E-state index is 1.00. The molecule has 0 spiro atoms. The summed E-state index contributed by atoms with van der Waals surface area (Å²) in [6.45, 7) is 0. The summed E-state index contributed by atoms with van der Waals surface area (Å²) in [6, 6.07) is 69.0. The van der Waals surface area contributed by atoms with Crippen LogP contribution in [0.2, 0.25) is 0 Å². The number of nitrogens with zero attached hydrogens (tertiary/aromatic N) is 1. The predicted octanol–water partition coefficient (Wildman–Crippen LogP) is 14.5. The van der Waals surface area contributed by atoms with E-state index < -0.39 is 0 Å². The van der Waals surface area contributed by atoms with E-state index in [1.807, 2.05) is 0 Å². The second-order valence-electron chi connectivity index (χ2n) is 14.6. The van der Waals surface area contributed by atoms with Crippen LogP contribution in [0.4, 0.5) is 0 Å². The largest absolute Gasteiger partial charge is 0.248 e. The van der Waals surface area contributed by atoms with Crippen molar-refractivity contribution in [3.8, 4) is 89.1 Å². The minimum absolute atomic E-state index is 1.00. The van der Waals surface area contributed by atoms with E-state index in [1.54, 1.807) is 0 Å². The molecular weight excluding hydrogens is 651 g/mol. The number of pyridine rings is 1. The van der Waals surface area contributed by atoms with Crippen LogP contribution >= 0.6 is 0 Å². The van der Waals surface area contributed by atoms with Crippen LogP contribution in [-0.4, -0.2) is 4.98 Å². The zero-order valence-corrected chi connectivity index (χ0v) is 29.3. The Morgan fingerprint density at radius 2 is 0.741 bits per heavy atom. The Labute approximate surface area is 313 Å². The van der Waals surface area contributed by atoms with Crippen LogP contribution in [0.1, 0.15) is 0 Å². The smallest absolute Gasteiger partial charge is 0.0728 e. The Morgan fingerprint density at radius 1 is 0.259 bits per heavy atom. The third-order valence-corrected chi connectivity index (χ3v) is 11.7. The van der Waals surface area contributed by atoms with Crippen LogP contribution < -0.4 is 0 Å². The number of fused-ring (bicyclic) bond motifs is 7. The second kappa shape index (κ2) is 11.2. The van der Waals surface area contributed by atoms with Gasteiger partial charge in [0, 0.05) is 10.9 Å². The van der Waals surface area contributed by atoms with E-state index in [1.165, 1.54) is 105 Å². The van der Waals surface area contributed by atoms with Gasteiger partial charge in [0.15, 0.2) is 0 Å². The van der Waals surface area contributed by atoms with Gasteiger partial charge in [0.25, 0.3) is 0 Å². The van der Waals surface area contributed by atoms with Crippen molar-refractivity contribution in [1.29, 1.82) is 0 Å². The van der Waals surface area contributed by atoms with E-state index >= 15 is 0 Å². The third-order valence-electron chi connectivity index (χ3n) is 11.7. The van der Waals surface area contributed by atoms with Gasteiger partial charge in [0.1, 0.15) is 0 Å². The molecule has 54 heavy (non-hydrogen) atoms. The highest BCUT2D eigenvalue weighted by Crippen LogP contribution is 2.59. The highest BCUT2D eigenvalue weighted by atomic mass is 14.7. The number of aromatic nitrogens is 1. The molecule has 9 aromatic carbocycles. The summed E-state index contributed by atoms with van der Waals surface area (Å²) in [5, 5.41) is 6.38. The fraction of sp³-hybridized carbons (Fsp3) is 0. The molecule has 0 aliphatic heterocycles. The fourth-order valence-electron chi connectivity index (χ4n) is 9.52. The number of benzene rings is 9.